The maximum Gasteiger partial charge on any atom is 0.324 e. The van der Waals surface area contributed by atoms with E-state index in [4.69, 9.17) is 4.74 Å². The lowest BCUT2D eigenvalue weighted by Crippen LogP contribution is -2.14. The van der Waals surface area contributed by atoms with E-state index in [2.05, 4.69) is 10.2 Å². The molecule has 0 bridgehead atoms. The van der Waals surface area contributed by atoms with Crippen LogP contribution < -0.4 is 0 Å². The number of ether oxygens (including phenoxy) is 1. The Balaban J connectivity index is 1.93. The number of carbonyl (C=O) groups is 1. The van der Waals surface area contributed by atoms with Crippen molar-refractivity contribution in [3.63, 3.8) is 0 Å². The standard InChI is InChI=1S/C18H19N3O2S2/c1-3-21-16(14-11-8-12-24-14)19-20-18(21)25-15(17(22)23-4-2)13-9-6-5-7-10-13/h5-12,15H,3-4H2,1-2H3/t15-/m1/s1. The molecule has 0 radical (unpaired) electrons. The highest BCUT2D eigenvalue weighted by atomic mass is 32.2. The Morgan fingerprint density at radius 3 is 2.64 bits per heavy atom. The van der Waals surface area contributed by atoms with Gasteiger partial charge in [0.05, 0.1) is 11.5 Å². The zero-order valence-electron chi connectivity index (χ0n) is 14.1. The fourth-order valence-corrected chi connectivity index (χ4v) is 4.27. The summed E-state index contributed by atoms with van der Waals surface area (Å²) in [6, 6.07) is 13.7. The SMILES string of the molecule is CCOC(=O)[C@H](Sc1nnc(-c2cccs2)n1CC)c1ccccc1. The fourth-order valence-electron chi connectivity index (χ4n) is 2.45. The van der Waals surface area contributed by atoms with Gasteiger partial charge in [-0.3, -0.25) is 4.79 Å². The molecule has 0 amide bonds. The average molecular weight is 374 g/mol. The van der Waals surface area contributed by atoms with E-state index in [0.717, 1.165) is 22.8 Å². The normalized spacial score (nSPS) is 12.1. The van der Waals surface area contributed by atoms with E-state index in [1.807, 2.05) is 66.3 Å². The lowest BCUT2D eigenvalue weighted by atomic mass is 10.1. The largest absolute Gasteiger partial charge is 0.465 e. The quantitative estimate of drug-likeness (QED) is 0.453. The van der Waals surface area contributed by atoms with Gasteiger partial charge in [-0.1, -0.05) is 48.2 Å². The van der Waals surface area contributed by atoms with Gasteiger partial charge >= 0.3 is 5.97 Å². The van der Waals surface area contributed by atoms with Crippen molar-refractivity contribution in [2.45, 2.75) is 30.8 Å². The first-order valence-corrected chi connectivity index (χ1v) is 9.85. The molecule has 0 saturated heterocycles. The van der Waals surface area contributed by atoms with E-state index in [0.29, 0.717) is 11.8 Å². The number of hydrogen-bond donors (Lipinski definition) is 0. The van der Waals surface area contributed by atoms with Gasteiger partial charge in [0.25, 0.3) is 0 Å². The van der Waals surface area contributed by atoms with Crippen LogP contribution in [0.1, 0.15) is 24.7 Å². The molecule has 25 heavy (non-hydrogen) atoms. The summed E-state index contributed by atoms with van der Waals surface area (Å²) in [6.07, 6.45) is 0. The predicted octanol–water partition coefficient (Wildman–Crippen LogP) is 4.42. The molecule has 1 aromatic carbocycles. The topological polar surface area (TPSA) is 57.0 Å². The van der Waals surface area contributed by atoms with Crippen LogP contribution in [0.2, 0.25) is 0 Å². The van der Waals surface area contributed by atoms with E-state index in [1.165, 1.54) is 11.8 Å². The summed E-state index contributed by atoms with van der Waals surface area (Å²) in [5.41, 5.74) is 0.897. The van der Waals surface area contributed by atoms with E-state index in [9.17, 15) is 4.79 Å². The van der Waals surface area contributed by atoms with Gasteiger partial charge in [0.15, 0.2) is 11.0 Å². The summed E-state index contributed by atoms with van der Waals surface area (Å²) in [6.45, 7) is 4.94. The minimum atomic E-state index is -0.466. The molecule has 2 aromatic heterocycles. The predicted molar refractivity (Wildman–Crippen MR) is 101 cm³/mol. The van der Waals surface area contributed by atoms with Gasteiger partial charge < -0.3 is 9.30 Å². The third-order valence-corrected chi connectivity index (χ3v) is 5.68. The van der Waals surface area contributed by atoms with Gasteiger partial charge in [-0.25, -0.2) is 0 Å². The lowest BCUT2D eigenvalue weighted by molar-refractivity contribution is -0.142. The van der Waals surface area contributed by atoms with E-state index >= 15 is 0 Å². The molecule has 0 unspecified atom stereocenters. The zero-order chi connectivity index (χ0) is 17.6. The molecular weight excluding hydrogens is 354 g/mol. The molecule has 3 rings (SSSR count). The van der Waals surface area contributed by atoms with Crippen molar-refractivity contribution in [2.75, 3.05) is 6.61 Å². The smallest absolute Gasteiger partial charge is 0.324 e. The Kier molecular flexibility index (Phi) is 5.88. The highest BCUT2D eigenvalue weighted by Gasteiger charge is 2.26. The van der Waals surface area contributed by atoms with Gasteiger partial charge in [0.2, 0.25) is 0 Å². The molecule has 1 atom stereocenters. The first kappa shape index (κ1) is 17.7. The van der Waals surface area contributed by atoms with Crippen LogP contribution in [0.4, 0.5) is 0 Å². The van der Waals surface area contributed by atoms with Crippen LogP contribution in [0, 0.1) is 0 Å². The van der Waals surface area contributed by atoms with Crippen LogP contribution in [0.25, 0.3) is 10.7 Å². The number of rotatable bonds is 7. The maximum absolute atomic E-state index is 12.5. The Hall–Kier alpha value is -2.12. The lowest BCUT2D eigenvalue weighted by Gasteiger charge is -2.15. The van der Waals surface area contributed by atoms with E-state index in [1.54, 1.807) is 11.3 Å². The first-order chi connectivity index (χ1) is 12.2. The summed E-state index contributed by atoms with van der Waals surface area (Å²) >= 11 is 3.00. The Labute approximate surface area is 155 Å². The number of aromatic nitrogens is 3. The molecule has 2 heterocycles. The van der Waals surface area contributed by atoms with Gasteiger partial charge in [0, 0.05) is 6.54 Å². The van der Waals surface area contributed by atoms with Crippen molar-refractivity contribution in [1.29, 1.82) is 0 Å². The summed E-state index contributed by atoms with van der Waals surface area (Å²) in [4.78, 5) is 13.5. The summed E-state index contributed by atoms with van der Waals surface area (Å²) in [5.74, 6) is 0.567. The summed E-state index contributed by atoms with van der Waals surface area (Å²) < 4.78 is 7.30. The molecule has 0 N–H and O–H groups in total. The molecule has 0 aliphatic rings. The molecule has 3 aromatic rings. The number of nitrogens with zero attached hydrogens (tertiary/aromatic N) is 3. The third-order valence-electron chi connectivity index (χ3n) is 3.60. The fraction of sp³-hybridized carbons (Fsp3) is 0.278. The van der Waals surface area contributed by atoms with Crippen LogP contribution in [0.15, 0.2) is 53.0 Å². The molecule has 0 aliphatic carbocycles. The molecule has 0 spiro atoms. The van der Waals surface area contributed by atoms with Crippen LogP contribution in [0.3, 0.4) is 0 Å². The number of esters is 1. The Morgan fingerprint density at radius 2 is 2.00 bits per heavy atom. The van der Waals surface area contributed by atoms with E-state index in [-0.39, 0.29) is 5.97 Å². The molecule has 0 fully saturated rings. The van der Waals surface area contributed by atoms with Crippen molar-refractivity contribution < 1.29 is 9.53 Å². The Morgan fingerprint density at radius 1 is 1.20 bits per heavy atom. The van der Waals surface area contributed by atoms with Gasteiger partial charge in [-0.2, -0.15) is 0 Å². The van der Waals surface area contributed by atoms with Gasteiger partial charge in [0.1, 0.15) is 5.25 Å². The number of benzene rings is 1. The van der Waals surface area contributed by atoms with E-state index < -0.39 is 5.25 Å². The zero-order valence-corrected chi connectivity index (χ0v) is 15.7. The monoisotopic (exact) mass is 373 g/mol. The van der Waals surface area contributed by atoms with Crippen LogP contribution in [0.5, 0.6) is 0 Å². The van der Waals surface area contributed by atoms with Crippen molar-refractivity contribution in [3.05, 3.63) is 53.4 Å². The highest BCUT2D eigenvalue weighted by molar-refractivity contribution is 8.00. The van der Waals surface area contributed by atoms with Crippen molar-refractivity contribution >= 4 is 29.1 Å². The third kappa shape index (κ3) is 3.93. The first-order valence-electron chi connectivity index (χ1n) is 8.09. The molecule has 0 aliphatic heterocycles. The summed E-state index contributed by atoms with van der Waals surface area (Å²) in [5, 5.41) is 10.9. The van der Waals surface area contributed by atoms with Crippen molar-refractivity contribution in [3.8, 4) is 10.7 Å². The van der Waals surface area contributed by atoms with Crippen LogP contribution in [-0.2, 0) is 16.1 Å². The molecular formula is C18H19N3O2S2. The molecule has 5 nitrogen and oxygen atoms in total. The molecule has 130 valence electrons. The summed E-state index contributed by atoms with van der Waals surface area (Å²) in [7, 11) is 0. The minimum absolute atomic E-state index is 0.262. The van der Waals surface area contributed by atoms with Gasteiger partial charge in [-0.15, -0.1) is 21.5 Å². The highest BCUT2D eigenvalue weighted by Crippen LogP contribution is 2.37. The number of thiophene rings is 1. The minimum Gasteiger partial charge on any atom is -0.465 e. The second-order valence-corrected chi connectivity index (χ2v) is 7.21. The molecule has 0 saturated carbocycles. The Bertz CT molecular complexity index is 816. The van der Waals surface area contributed by atoms with Crippen molar-refractivity contribution in [2.24, 2.45) is 0 Å². The maximum atomic E-state index is 12.5. The molecule has 7 heteroatoms. The second kappa shape index (κ2) is 8.31. The van der Waals surface area contributed by atoms with Gasteiger partial charge in [-0.05, 0) is 30.9 Å². The number of carbonyl (C=O) groups excluding carboxylic acids is 1. The second-order valence-electron chi connectivity index (χ2n) is 5.19. The number of hydrogen-bond acceptors (Lipinski definition) is 6. The van der Waals surface area contributed by atoms with Crippen molar-refractivity contribution in [1.82, 2.24) is 14.8 Å². The van der Waals surface area contributed by atoms with Crippen LogP contribution in [-0.4, -0.2) is 27.3 Å². The van der Waals surface area contributed by atoms with Crippen LogP contribution >= 0.6 is 23.1 Å². The number of thioether (sulfide) groups is 1. The average Bonchev–Trinajstić information content (AvgIpc) is 3.29.